The van der Waals surface area contributed by atoms with E-state index in [4.69, 9.17) is 11.6 Å². The fraction of sp³-hybridized carbons (Fsp3) is 0.300. The molecule has 2 unspecified atom stereocenters. The van der Waals surface area contributed by atoms with Crippen LogP contribution in [0.2, 0.25) is 5.02 Å². The van der Waals surface area contributed by atoms with Crippen molar-refractivity contribution in [1.82, 2.24) is 14.7 Å². The summed E-state index contributed by atoms with van der Waals surface area (Å²) in [4.78, 5) is 8.87. The fourth-order valence-corrected chi connectivity index (χ4v) is 3.82. The molecule has 0 amide bonds. The maximum absolute atomic E-state index is 14.1. The summed E-state index contributed by atoms with van der Waals surface area (Å²) >= 11 is 4.94. The Morgan fingerprint density at radius 2 is 1.96 bits per heavy atom. The van der Waals surface area contributed by atoms with Gasteiger partial charge in [-0.2, -0.15) is 0 Å². The van der Waals surface area contributed by atoms with E-state index < -0.39 is 21.9 Å². The van der Waals surface area contributed by atoms with Crippen LogP contribution in [0.15, 0.2) is 42.7 Å². The number of rotatable bonds is 4. The zero-order chi connectivity index (χ0) is 19.8. The van der Waals surface area contributed by atoms with E-state index >= 15 is 0 Å². The summed E-state index contributed by atoms with van der Waals surface area (Å²) in [6, 6.07) is 7.90. The highest BCUT2D eigenvalue weighted by Gasteiger charge is 2.30. The van der Waals surface area contributed by atoms with Crippen LogP contribution in [0.3, 0.4) is 0 Å². The van der Waals surface area contributed by atoms with Crippen molar-refractivity contribution in [3.8, 4) is 11.3 Å². The molecular formula is C20H21ClFN3OS. The molecule has 2 aromatic heterocycles. The predicted octanol–water partition coefficient (Wildman–Crippen LogP) is 5.20. The first-order chi connectivity index (χ1) is 12.7. The monoisotopic (exact) mass is 405 g/mol. The first-order valence-corrected chi connectivity index (χ1v) is 10.1. The lowest BCUT2D eigenvalue weighted by atomic mass is 9.96. The van der Waals surface area contributed by atoms with E-state index in [2.05, 4.69) is 14.7 Å². The summed E-state index contributed by atoms with van der Waals surface area (Å²) < 4.78 is 29.3. The summed E-state index contributed by atoms with van der Waals surface area (Å²) in [5.41, 5.74) is 2.69. The van der Waals surface area contributed by atoms with E-state index in [1.165, 1.54) is 12.1 Å². The van der Waals surface area contributed by atoms with Crippen LogP contribution in [0.5, 0.6) is 0 Å². The van der Waals surface area contributed by atoms with Crippen LogP contribution in [0.25, 0.3) is 22.2 Å². The molecule has 2 heterocycles. The van der Waals surface area contributed by atoms with E-state index in [1.54, 1.807) is 12.4 Å². The number of hydrogen-bond donors (Lipinski definition) is 1. The molecule has 0 spiro atoms. The quantitative estimate of drug-likeness (QED) is 0.606. The summed E-state index contributed by atoms with van der Waals surface area (Å²) in [6.45, 7) is 7.60. The summed E-state index contributed by atoms with van der Waals surface area (Å²) in [6.07, 6.45) is 3.37. The second-order valence-corrected chi connectivity index (χ2v) is 9.71. The van der Waals surface area contributed by atoms with Crippen LogP contribution in [-0.2, 0) is 11.4 Å². The number of fused-ring (bicyclic) bond motifs is 1. The van der Waals surface area contributed by atoms with E-state index in [9.17, 15) is 8.94 Å². The van der Waals surface area contributed by atoms with Crippen LogP contribution in [0.4, 0.5) is 4.39 Å². The van der Waals surface area contributed by atoms with Crippen molar-refractivity contribution in [3.63, 3.8) is 0 Å². The normalized spacial score (nSPS) is 14.3. The van der Waals surface area contributed by atoms with Crippen LogP contribution < -0.4 is 4.72 Å². The molecule has 0 bridgehead atoms. The Kier molecular flexibility index (Phi) is 5.72. The van der Waals surface area contributed by atoms with Gasteiger partial charge in [-0.15, -0.1) is 4.72 Å². The fourth-order valence-electron chi connectivity index (χ4n) is 2.77. The number of benzene rings is 1. The number of nitrogens with zero attached hydrogens (tertiary/aromatic N) is 2. The van der Waals surface area contributed by atoms with Gasteiger partial charge in [0.1, 0.15) is 10.6 Å². The van der Waals surface area contributed by atoms with Gasteiger partial charge in [0.25, 0.3) is 0 Å². The number of aromatic nitrogens is 2. The van der Waals surface area contributed by atoms with Crippen LogP contribution >= 0.6 is 11.6 Å². The van der Waals surface area contributed by atoms with Crippen LogP contribution in [0.1, 0.15) is 39.3 Å². The highest BCUT2D eigenvalue weighted by Crippen LogP contribution is 2.36. The summed E-state index contributed by atoms with van der Waals surface area (Å²) in [7, 11) is 0. The van der Waals surface area contributed by atoms with Crippen molar-refractivity contribution in [1.29, 1.82) is 0 Å². The van der Waals surface area contributed by atoms with E-state index in [0.29, 0.717) is 16.6 Å². The van der Waals surface area contributed by atoms with Crippen LogP contribution in [-0.4, -0.2) is 19.3 Å². The number of hydrogen-bond acceptors (Lipinski definition) is 4. The highest BCUT2D eigenvalue weighted by atomic mass is 35.5. The first kappa shape index (κ1) is 20.0. The topological polar surface area (TPSA) is 60.9 Å². The van der Waals surface area contributed by atoms with Gasteiger partial charge in [0, 0.05) is 40.3 Å². The van der Waals surface area contributed by atoms with Crippen molar-refractivity contribution in [2.24, 2.45) is 0 Å². The standard InChI is InChI=1S/C20H21ClFN3OS/c1-12(25-27(26)20(2,3)4)15-11-24-19-14(9-13(22)10-16(19)21)18(15)17-7-5-6-8-23-17/h5-12,25H,1-4H3. The lowest BCUT2D eigenvalue weighted by Crippen LogP contribution is -2.40. The molecule has 0 aliphatic carbocycles. The van der Waals surface area contributed by atoms with Gasteiger partial charge in [-0.05, 0) is 52.0 Å². The molecule has 7 heteroatoms. The van der Waals surface area contributed by atoms with Crippen LogP contribution in [0, 0.1) is 5.82 Å². The minimum Gasteiger partial charge on any atom is -0.598 e. The summed E-state index contributed by atoms with van der Waals surface area (Å²) in [5, 5.41) is 0.819. The van der Waals surface area contributed by atoms with Crippen molar-refractivity contribution in [2.45, 2.75) is 38.5 Å². The molecule has 27 heavy (non-hydrogen) atoms. The first-order valence-electron chi connectivity index (χ1n) is 8.55. The largest absolute Gasteiger partial charge is 0.598 e. The van der Waals surface area contributed by atoms with E-state index in [-0.39, 0.29) is 11.1 Å². The minimum atomic E-state index is -1.27. The minimum absolute atomic E-state index is 0.243. The van der Waals surface area contributed by atoms with Gasteiger partial charge in [0.2, 0.25) is 0 Å². The Balaban J connectivity index is 2.21. The lowest BCUT2D eigenvalue weighted by Gasteiger charge is -2.27. The number of halogens is 2. The van der Waals surface area contributed by atoms with Crippen molar-refractivity contribution in [3.05, 3.63) is 59.1 Å². The van der Waals surface area contributed by atoms with E-state index in [1.807, 2.05) is 45.9 Å². The SMILES string of the molecule is CC(N[S+]([O-])C(C)(C)C)c1cnc2c(Cl)cc(F)cc2c1-c1ccccn1. The zero-order valence-electron chi connectivity index (χ0n) is 15.6. The second-order valence-electron chi connectivity index (χ2n) is 7.31. The van der Waals surface area contributed by atoms with E-state index in [0.717, 1.165) is 11.1 Å². The zero-order valence-corrected chi connectivity index (χ0v) is 17.2. The molecule has 1 N–H and O–H groups in total. The Labute approximate surface area is 166 Å². The van der Waals surface area contributed by atoms with Gasteiger partial charge in [0.15, 0.2) is 0 Å². The second kappa shape index (κ2) is 7.72. The Morgan fingerprint density at radius 1 is 1.22 bits per heavy atom. The van der Waals surface area contributed by atoms with Crippen molar-refractivity contribution in [2.75, 3.05) is 0 Å². The molecule has 2 atom stereocenters. The molecule has 142 valence electrons. The molecule has 0 fully saturated rings. The third-order valence-electron chi connectivity index (χ3n) is 4.15. The average Bonchev–Trinajstić information content (AvgIpc) is 2.60. The molecule has 0 saturated carbocycles. The Hall–Kier alpha value is -1.73. The molecule has 0 aliphatic rings. The maximum atomic E-state index is 14.1. The smallest absolute Gasteiger partial charge is 0.136 e. The Bertz CT molecular complexity index is 963. The number of nitrogens with one attached hydrogen (secondary N) is 1. The molecule has 1 aromatic carbocycles. The van der Waals surface area contributed by atoms with Gasteiger partial charge < -0.3 is 4.55 Å². The number of pyridine rings is 2. The molecule has 0 radical (unpaired) electrons. The third kappa shape index (κ3) is 4.24. The van der Waals surface area contributed by atoms with Crippen molar-refractivity contribution >= 4 is 33.9 Å². The molecule has 0 saturated heterocycles. The van der Waals surface area contributed by atoms with Gasteiger partial charge in [-0.1, -0.05) is 17.7 Å². The average molecular weight is 406 g/mol. The third-order valence-corrected chi connectivity index (χ3v) is 6.11. The van der Waals surface area contributed by atoms with Gasteiger partial charge in [-0.3, -0.25) is 9.97 Å². The lowest BCUT2D eigenvalue weighted by molar-refractivity contribution is 0.531. The maximum Gasteiger partial charge on any atom is 0.136 e. The van der Waals surface area contributed by atoms with Gasteiger partial charge >= 0.3 is 0 Å². The predicted molar refractivity (Wildman–Crippen MR) is 109 cm³/mol. The molecule has 3 rings (SSSR count). The highest BCUT2D eigenvalue weighted by molar-refractivity contribution is 7.90. The molecule has 3 aromatic rings. The molecular weight excluding hydrogens is 385 g/mol. The summed E-state index contributed by atoms with van der Waals surface area (Å²) in [5.74, 6) is -0.442. The molecule has 4 nitrogen and oxygen atoms in total. The Morgan fingerprint density at radius 3 is 2.59 bits per heavy atom. The van der Waals surface area contributed by atoms with Gasteiger partial charge in [-0.25, -0.2) is 4.39 Å². The van der Waals surface area contributed by atoms with Crippen molar-refractivity contribution < 1.29 is 8.94 Å². The molecule has 0 aliphatic heterocycles. The van der Waals surface area contributed by atoms with Gasteiger partial charge in [0.05, 0.1) is 22.3 Å².